The number of nitrogens with one attached hydrogen (secondary N) is 1. The number of anilines is 1. The van der Waals surface area contributed by atoms with E-state index in [9.17, 15) is 22.4 Å². The Kier molecular flexibility index (Phi) is 6.51. The lowest BCUT2D eigenvalue weighted by atomic mass is 10.2. The number of sulfonamides is 1. The van der Waals surface area contributed by atoms with Crippen molar-refractivity contribution in [1.29, 1.82) is 0 Å². The molecule has 3 N–H and O–H groups in total. The number of para-hydroxylation sites is 2. The van der Waals surface area contributed by atoms with Gasteiger partial charge >= 0.3 is 0 Å². The van der Waals surface area contributed by atoms with Gasteiger partial charge in [-0.15, -0.1) is 0 Å². The average molecular weight is 499 g/mol. The number of halogens is 1. The van der Waals surface area contributed by atoms with Crippen molar-refractivity contribution in [2.45, 2.75) is 17.0 Å². The van der Waals surface area contributed by atoms with Crippen molar-refractivity contribution in [3.05, 3.63) is 88.5 Å². The van der Waals surface area contributed by atoms with Crippen LogP contribution in [0.25, 0.3) is 16.6 Å². The molecular formula is C23H19FN4O4S2. The normalized spacial score (nSPS) is 11.5. The van der Waals surface area contributed by atoms with E-state index in [1.807, 2.05) is 0 Å². The molecule has 8 nitrogen and oxygen atoms in total. The van der Waals surface area contributed by atoms with Gasteiger partial charge in [0.1, 0.15) is 5.82 Å². The van der Waals surface area contributed by atoms with Gasteiger partial charge in [0, 0.05) is 5.69 Å². The Morgan fingerprint density at radius 3 is 2.56 bits per heavy atom. The molecule has 0 aliphatic carbocycles. The first kappa shape index (κ1) is 23.6. The number of carbonyl (C=O) groups is 1. The maximum absolute atomic E-state index is 14.6. The molecule has 0 aliphatic rings. The number of hydrogen-bond acceptors (Lipinski definition) is 6. The SMILES string of the molecule is Cc1ccc(NC(=O)CSc2nc3ccccc3c(=O)n2-c2ccccc2F)cc1S(N)(=O)=O. The molecule has 0 spiro atoms. The maximum Gasteiger partial charge on any atom is 0.266 e. The Morgan fingerprint density at radius 2 is 1.82 bits per heavy atom. The van der Waals surface area contributed by atoms with E-state index < -0.39 is 27.3 Å². The van der Waals surface area contributed by atoms with Crippen LogP contribution in [0.2, 0.25) is 0 Å². The van der Waals surface area contributed by atoms with Gasteiger partial charge in [0.25, 0.3) is 5.56 Å². The van der Waals surface area contributed by atoms with E-state index >= 15 is 0 Å². The number of carbonyl (C=O) groups excluding carboxylic acids is 1. The van der Waals surface area contributed by atoms with Gasteiger partial charge in [-0.25, -0.2) is 22.9 Å². The van der Waals surface area contributed by atoms with E-state index in [-0.39, 0.29) is 27.2 Å². The van der Waals surface area contributed by atoms with Crippen LogP contribution in [-0.4, -0.2) is 29.6 Å². The molecule has 3 aromatic carbocycles. The van der Waals surface area contributed by atoms with Crippen molar-refractivity contribution in [2.75, 3.05) is 11.1 Å². The predicted octanol–water partition coefficient (Wildman–Crippen LogP) is 3.21. The summed E-state index contributed by atoms with van der Waals surface area (Å²) in [4.78, 5) is 30.1. The number of nitrogens with two attached hydrogens (primary N) is 1. The standard InChI is InChI=1S/C23H19FN4O4S2/c1-14-10-11-15(12-20(14)34(25,31)32)26-21(29)13-33-23-27-18-8-4-2-6-16(18)22(30)28(23)19-9-5-3-7-17(19)24/h2-12H,13H2,1H3,(H,26,29)(H2,25,31,32). The van der Waals surface area contributed by atoms with E-state index in [0.29, 0.717) is 16.5 Å². The molecule has 0 bridgehead atoms. The summed E-state index contributed by atoms with van der Waals surface area (Å²) in [7, 11) is -3.95. The van der Waals surface area contributed by atoms with Crippen LogP contribution >= 0.6 is 11.8 Å². The van der Waals surface area contributed by atoms with Gasteiger partial charge in [-0.2, -0.15) is 0 Å². The summed E-state index contributed by atoms with van der Waals surface area (Å²) in [6.45, 7) is 1.59. The van der Waals surface area contributed by atoms with Crippen LogP contribution in [0, 0.1) is 12.7 Å². The lowest BCUT2D eigenvalue weighted by Gasteiger charge is -2.14. The molecule has 0 unspecified atom stereocenters. The molecule has 0 saturated heterocycles. The smallest absolute Gasteiger partial charge is 0.266 e. The fourth-order valence-electron chi connectivity index (χ4n) is 3.37. The molecular weight excluding hydrogens is 479 g/mol. The highest BCUT2D eigenvalue weighted by atomic mass is 32.2. The third-order valence-corrected chi connectivity index (χ3v) is 6.94. The Labute approximate surface area is 198 Å². The van der Waals surface area contributed by atoms with Gasteiger partial charge in [-0.1, -0.05) is 42.1 Å². The number of nitrogens with zero attached hydrogens (tertiary/aromatic N) is 2. The lowest BCUT2D eigenvalue weighted by Crippen LogP contribution is -2.23. The van der Waals surface area contributed by atoms with Crippen LogP contribution in [0.1, 0.15) is 5.56 Å². The number of hydrogen-bond donors (Lipinski definition) is 2. The number of thioether (sulfide) groups is 1. The highest BCUT2D eigenvalue weighted by molar-refractivity contribution is 7.99. The minimum atomic E-state index is -3.95. The molecule has 174 valence electrons. The van der Waals surface area contributed by atoms with Gasteiger partial charge in [0.05, 0.1) is 27.2 Å². The van der Waals surface area contributed by atoms with Gasteiger partial charge < -0.3 is 5.32 Å². The zero-order valence-corrected chi connectivity index (χ0v) is 19.5. The molecule has 1 heterocycles. The quantitative estimate of drug-likeness (QED) is 0.311. The fourth-order valence-corrected chi connectivity index (χ4v) is 4.98. The number of fused-ring (bicyclic) bond motifs is 1. The van der Waals surface area contributed by atoms with Gasteiger partial charge in [0.2, 0.25) is 15.9 Å². The number of aromatic nitrogens is 2. The van der Waals surface area contributed by atoms with Crippen molar-refractivity contribution in [3.63, 3.8) is 0 Å². The minimum Gasteiger partial charge on any atom is -0.325 e. The van der Waals surface area contributed by atoms with Crippen molar-refractivity contribution < 1.29 is 17.6 Å². The second kappa shape index (κ2) is 9.37. The number of rotatable bonds is 6. The van der Waals surface area contributed by atoms with Crippen molar-refractivity contribution in [2.24, 2.45) is 5.14 Å². The third-order valence-electron chi connectivity index (χ3n) is 4.95. The summed E-state index contributed by atoms with van der Waals surface area (Å²) in [5, 5.41) is 8.28. The topological polar surface area (TPSA) is 124 Å². The number of amides is 1. The molecule has 0 fully saturated rings. The number of benzene rings is 3. The first-order chi connectivity index (χ1) is 16.1. The Balaban J connectivity index is 1.65. The second-order valence-corrected chi connectivity index (χ2v) is 9.84. The zero-order valence-electron chi connectivity index (χ0n) is 17.9. The first-order valence-corrected chi connectivity index (χ1v) is 12.5. The predicted molar refractivity (Wildman–Crippen MR) is 129 cm³/mol. The van der Waals surface area contributed by atoms with Gasteiger partial charge in [-0.05, 0) is 48.9 Å². The van der Waals surface area contributed by atoms with E-state index in [0.717, 1.165) is 16.3 Å². The summed E-state index contributed by atoms with van der Waals surface area (Å²) in [5.41, 5.74) is 0.668. The minimum absolute atomic E-state index is 0.0185. The molecule has 4 aromatic rings. The first-order valence-electron chi connectivity index (χ1n) is 9.98. The molecule has 1 aromatic heterocycles. The molecule has 0 saturated carbocycles. The summed E-state index contributed by atoms with van der Waals surface area (Å²) in [6, 6.07) is 16.8. The van der Waals surface area contributed by atoms with Crippen molar-refractivity contribution in [3.8, 4) is 5.69 Å². The largest absolute Gasteiger partial charge is 0.325 e. The molecule has 1 amide bonds. The monoisotopic (exact) mass is 498 g/mol. The van der Waals surface area contributed by atoms with Crippen LogP contribution in [-0.2, 0) is 14.8 Å². The van der Waals surface area contributed by atoms with Gasteiger partial charge in [0.15, 0.2) is 5.16 Å². The van der Waals surface area contributed by atoms with Crippen molar-refractivity contribution in [1.82, 2.24) is 9.55 Å². The van der Waals surface area contributed by atoms with Crippen molar-refractivity contribution >= 4 is 44.3 Å². The van der Waals surface area contributed by atoms with Crippen LogP contribution in [0.4, 0.5) is 10.1 Å². The van der Waals surface area contributed by atoms with E-state index in [1.54, 1.807) is 43.3 Å². The lowest BCUT2D eigenvalue weighted by molar-refractivity contribution is -0.113. The fraction of sp³-hybridized carbons (Fsp3) is 0.0870. The average Bonchev–Trinajstić information content (AvgIpc) is 2.79. The Hall–Kier alpha value is -3.54. The van der Waals surface area contributed by atoms with E-state index in [4.69, 9.17) is 5.14 Å². The Morgan fingerprint density at radius 1 is 1.12 bits per heavy atom. The molecule has 34 heavy (non-hydrogen) atoms. The molecule has 4 rings (SSSR count). The highest BCUT2D eigenvalue weighted by Crippen LogP contribution is 2.24. The third kappa shape index (κ3) is 4.86. The van der Waals surface area contributed by atoms with E-state index in [1.165, 1.54) is 30.3 Å². The zero-order chi connectivity index (χ0) is 24.5. The Bertz CT molecular complexity index is 1590. The maximum atomic E-state index is 14.6. The number of aryl methyl sites for hydroxylation is 1. The summed E-state index contributed by atoms with van der Waals surface area (Å²) >= 11 is 0.950. The van der Waals surface area contributed by atoms with Crippen LogP contribution in [0.3, 0.4) is 0 Å². The summed E-state index contributed by atoms with van der Waals surface area (Å²) in [5.74, 6) is -1.25. The van der Waals surface area contributed by atoms with E-state index in [2.05, 4.69) is 10.3 Å². The van der Waals surface area contributed by atoms with Crippen LogP contribution in [0.5, 0.6) is 0 Å². The van der Waals surface area contributed by atoms with Gasteiger partial charge in [-0.3, -0.25) is 14.2 Å². The highest BCUT2D eigenvalue weighted by Gasteiger charge is 2.18. The second-order valence-electron chi connectivity index (χ2n) is 7.37. The molecule has 0 radical (unpaired) electrons. The number of primary sulfonamides is 1. The summed E-state index contributed by atoms with van der Waals surface area (Å²) in [6.07, 6.45) is 0. The molecule has 0 aliphatic heterocycles. The summed E-state index contributed by atoms with van der Waals surface area (Å²) < 4.78 is 39.2. The van der Waals surface area contributed by atoms with Crippen LogP contribution in [0.15, 0.2) is 81.6 Å². The molecule has 11 heteroatoms. The van der Waals surface area contributed by atoms with Crippen LogP contribution < -0.4 is 16.0 Å². The molecule has 0 atom stereocenters.